The van der Waals surface area contributed by atoms with Gasteiger partial charge in [-0.2, -0.15) is 0 Å². The average Bonchev–Trinajstić information content (AvgIpc) is 2.29. The van der Waals surface area contributed by atoms with Crippen LogP contribution in [0.5, 0.6) is 0 Å². The normalized spacial score (nSPS) is 10.5. The van der Waals surface area contributed by atoms with Crippen LogP contribution < -0.4 is 0 Å². The highest BCUT2D eigenvalue weighted by Gasteiger charge is 2.14. The highest BCUT2D eigenvalue weighted by molar-refractivity contribution is 6.41. The number of benzene rings is 2. The second-order valence-electron chi connectivity index (χ2n) is 4.08. The van der Waals surface area contributed by atoms with Crippen molar-refractivity contribution in [3.8, 4) is 11.1 Å². The van der Waals surface area contributed by atoms with E-state index in [9.17, 15) is 4.79 Å². The Morgan fingerprint density at radius 2 is 1.63 bits per heavy atom. The average molecular weight is 316 g/mol. The number of halogens is 3. The molecule has 0 spiro atoms. The Morgan fingerprint density at radius 1 is 1.05 bits per heavy atom. The van der Waals surface area contributed by atoms with Crippen LogP contribution in [0.25, 0.3) is 11.1 Å². The molecule has 2 aromatic carbocycles. The Balaban J connectivity index is 2.66. The van der Waals surface area contributed by atoms with E-state index in [-0.39, 0.29) is 5.56 Å². The third kappa shape index (κ3) is 2.86. The maximum Gasteiger partial charge on any atom is 0.335 e. The minimum absolute atomic E-state index is 0.222. The molecule has 0 aliphatic carbocycles. The lowest BCUT2D eigenvalue weighted by atomic mass is 9.99. The van der Waals surface area contributed by atoms with Gasteiger partial charge in [-0.25, -0.2) is 4.79 Å². The molecule has 0 saturated carbocycles. The molecule has 5 heteroatoms. The monoisotopic (exact) mass is 314 g/mol. The van der Waals surface area contributed by atoms with Crippen LogP contribution >= 0.6 is 34.8 Å². The van der Waals surface area contributed by atoms with Gasteiger partial charge in [-0.1, -0.05) is 46.9 Å². The summed E-state index contributed by atoms with van der Waals surface area (Å²) in [5, 5.41) is 10.3. The Hall–Kier alpha value is -1.22. The molecule has 0 atom stereocenters. The number of aromatic carboxylic acids is 1. The second-order valence-corrected chi connectivity index (χ2v) is 5.33. The minimum atomic E-state index is -0.986. The smallest absolute Gasteiger partial charge is 0.335 e. The maximum absolute atomic E-state index is 11.1. The van der Waals surface area contributed by atoms with Gasteiger partial charge in [-0.15, -0.1) is 0 Å². The van der Waals surface area contributed by atoms with Crippen molar-refractivity contribution < 1.29 is 9.90 Å². The molecular weight excluding hydrogens is 307 g/mol. The van der Waals surface area contributed by atoms with E-state index < -0.39 is 5.97 Å². The molecule has 98 valence electrons. The van der Waals surface area contributed by atoms with Crippen LogP contribution in [0, 0.1) is 6.92 Å². The molecule has 2 rings (SSSR count). The summed E-state index contributed by atoms with van der Waals surface area (Å²) in [5.74, 6) is -0.986. The number of carboxylic acid groups (broad SMARTS) is 1. The molecule has 0 heterocycles. The maximum atomic E-state index is 11.1. The summed E-state index contributed by atoms with van der Waals surface area (Å²) in [6, 6.07) is 8.21. The number of carboxylic acids is 1. The lowest BCUT2D eigenvalue weighted by Gasteiger charge is -2.10. The summed E-state index contributed by atoms with van der Waals surface area (Å²) in [4.78, 5) is 11.1. The lowest BCUT2D eigenvalue weighted by Crippen LogP contribution is -2.00. The predicted octanol–water partition coefficient (Wildman–Crippen LogP) is 5.32. The van der Waals surface area contributed by atoms with Gasteiger partial charge in [-0.3, -0.25) is 0 Å². The zero-order valence-corrected chi connectivity index (χ0v) is 12.1. The summed E-state index contributed by atoms with van der Waals surface area (Å²) >= 11 is 18.1. The summed E-state index contributed by atoms with van der Waals surface area (Å²) < 4.78 is 0. The van der Waals surface area contributed by atoms with Crippen LogP contribution in [0.2, 0.25) is 15.1 Å². The van der Waals surface area contributed by atoms with E-state index in [1.54, 1.807) is 37.3 Å². The van der Waals surface area contributed by atoms with E-state index in [1.165, 1.54) is 0 Å². The van der Waals surface area contributed by atoms with E-state index in [4.69, 9.17) is 39.9 Å². The summed E-state index contributed by atoms with van der Waals surface area (Å²) in [5.41, 5.74) is 2.13. The third-order valence-electron chi connectivity index (χ3n) is 2.76. The molecule has 1 N–H and O–H groups in total. The molecule has 0 amide bonds. The summed E-state index contributed by atoms with van der Waals surface area (Å²) in [6.45, 7) is 1.73. The van der Waals surface area contributed by atoms with Crippen LogP contribution in [-0.4, -0.2) is 11.1 Å². The van der Waals surface area contributed by atoms with Crippen molar-refractivity contribution in [3.63, 3.8) is 0 Å². The Bertz CT molecular complexity index is 643. The highest BCUT2D eigenvalue weighted by Crippen LogP contribution is 2.37. The zero-order valence-electron chi connectivity index (χ0n) is 9.88. The topological polar surface area (TPSA) is 37.3 Å². The molecule has 0 aliphatic rings. The third-order valence-corrected chi connectivity index (χ3v) is 3.58. The number of aryl methyl sites for hydroxylation is 1. The molecule has 0 saturated heterocycles. The molecule has 0 bridgehead atoms. The summed E-state index contributed by atoms with van der Waals surface area (Å²) in [7, 11) is 0. The fourth-order valence-electron chi connectivity index (χ4n) is 1.83. The van der Waals surface area contributed by atoms with E-state index in [0.29, 0.717) is 31.8 Å². The van der Waals surface area contributed by atoms with Crippen LogP contribution in [0.15, 0.2) is 30.3 Å². The fourth-order valence-corrected chi connectivity index (χ4v) is 2.86. The first-order valence-electron chi connectivity index (χ1n) is 5.39. The number of carbonyl (C=O) groups is 1. The Morgan fingerprint density at radius 3 is 2.16 bits per heavy atom. The van der Waals surface area contributed by atoms with Crippen LogP contribution in [-0.2, 0) is 0 Å². The van der Waals surface area contributed by atoms with Gasteiger partial charge in [0.25, 0.3) is 0 Å². The van der Waals surface area contributed by atoms with Gasteiger partial charge in [0, 0.05) is 10.6 Å². The fraction of sp³-hybridized carbons (Fsp3) is 0.0714. The molecular formula is C14H9Cl3O2. The van der Waals surface area contributed by atoms with E-state index >= 15 is 0 Å². The first-order chi connectivity index (χ1) is 8.90. The predicted molar refractivity (Wildman–Crippen MR) is 78.6 cm³/mol. The number of rotatable bonds is 2. The number of hydrogen-bond acceptors (Lipinski definition) is 1. The van der Waals surface area contributed by atoms with Gasteiger partial charge in [0.1, 0.15) is 0 Å². The van der Waals surface area contributed by atoms with Gasteiger partial charge < -0.3 is 5.11 Å². The van der Waals surface area contributed by atoms with Crippen LogP contribution in [0.4, 0.5) is 0 Å². The Kier molecular flexibility index (Phi) is 4.04. The van der Waals surface area contributed by atoms with Crippen molar-refractivity contribution in [1.82, 2.24) is 0 Å². The van der Waals surface area contributed by atoms with E-state index in [1.807, 2.05) is 0 Å². The zero-order chi connectivity index (χ0) is 14.2. The molecule has 19 heavy (non-hydrogen) atoms. The standard InChI is InChI=1S/C14H9Cl3O2/c1-7-2-3-8(4-10(7)14(18)19)13-11(16)5-9(15)6-12(13)17/h2-6H,1H3,(H,18,19). The molecule has 0 radical (unpaired) electrons. The first-order valence-corrected chi connectivity index (χ1v) is 6.52. The molecule has 0 fully saturated rings. The summed E-state index contributed by atoms with van der Waals surface area (Å²) in [6.07, 6.45) is 0. The largest absolute Gasteiger partial charge is 0.478 e. The minimum Gasteiger partial charge on any atom is -0.478 e. The van der Waals surface area contributed by atoms with Crippen molar-refractivity contribution >= 4 is 40.8 Å². The molecule has 0 aromatic heterocycles. The van der Waals surface area contributed by atoms with Gasteiger partial charge in [0.15, 0.2) is 0 Å². The van der Waals surface area contributed by atoms with Crippen molar-refractivity contribution in [2.45, 2.75) is 6.92 Å². The van der Waals surface area contributed by atoms with E-state index in [2.05, 4.69) is 0 Å². The second kappa shape index (κ2) is 5.41. The molecule has 2 aromatic rings. The van der Waals surface area contributed by atoms with Gasteiger partial charge in [0.05, 0.1) is 15.6 Å². The number of hydrogen-bond donors (Lipinski definition) is 1. The molecule has 0 unspecified atom stereocenters. The Labute approximate surface area is 125 Å². The van der Waals surface area contributed by atoms with E-state index in [0.717, 1.165) is 0 Å². The first kappa shape index (κ1) is 14.2. The molecule has 0 aliphatic heterocycles. The highest BCUT2D eigenvalue weighted by atomic mass is 35.5. The van der Waals surface area contributed by atoms with Crippen molar-refractivity contribution in [3.05, 3.63) is 56.5 Å². The van der Waals surface area contributed by atoms with Crippen LogP contribution in [0.1, 0.15) is 15.9 Å². The SMILES string of the molecule is Cc1ccc(-c2c(Cl)cc(Cl)cc2Cl)cc1C(=O)O. The quantitative estimate of drug-likeness (QED) is 0.814. The van der Waals surface area contributed by atoms with Crippen molar-refractivity contribution in [1.29, 1.82) is 0 Å². The molecule has 2 nitrogen and oxygen atoms in total. The van der Waals surface area contributed by atoms with Gasteiger partial charge >= 0.3 is 5.97 Å². The van der Waals surface area contributed by atoms with Crippen LogP contribution in [0.3, 0.4) is 0 Å². The lowest BCUT2D eigenvalue weighted by molar-refractivity contribution is 0.0696. The van der Waals surface area contributed by atoms with Crippen molar-refractivity contribution in [2.75, 3.05) is 0 Å². The van der Waals surface area contributed by atoms with Crippen molar-refractivity contribution in [2.24, 2.45) is 0 Å². The van der Waals surface area contributed by atoms with Gasteiger partial charge in [0.2, 0.25) is 0 Å². The van der Waals surface area contributed by atoms with Gasteiger partial charge in [-0.05, 0) is 36.2 Å².